The van der Waals surface area contributed by atoms with Gasteiger partial charge in [0.15, 0.2) is 17.5 Å². The zero-order chi connectivity index (χ0) is 41.2. The summed E-state index contributed by atoms with van der Waals surface area (Å²) >= 11 is 0. The highest BCUT2D eigenvalue weighted by Crippen LogP contribution is 2.43. The van der Waals surface area contributed by atoms with Crippen molar-refractivity contribution < 1.29 is 4.42 Å². The minimum Gasteiger partial charge on any atom is -0.456 e. The second-order valence-electron chi connectivity index (χ2n) is 15.6. The van der Waals surface area contributed by atoms with Gasteiger partial charge in [-0.25, -0.2) is 15.0 Å². The Bertz CT molecular complexity index is 3270. The fourth-order valence-corrected chi connectivity index (χ4v) is 8.58. The van der Waals surface area contributed by atoms with Crippen molar-refractivity contribution in [2.45, 2.75) is 12.3 Å². The van der Waals surface area contributed by atoms with Gasteiger partial charge >= 0.3 is 0 Å². The van der Waals surface area contributed by atoms with Crippen molar-refractivity contribution in [3.63, 3.8) is 0 Å². The molecule has 2 aromatic heterocycles. The molecule has 5 nitrogen and oxygen atoms in total. The average molecular weight is 797 g/mol. The third kappa shape index (κ3) is 7.16. The van der Waals surface area contributed by atoms with E-state index in [1.807, 2.05) is 48.5 Å². The summed E-state index contributed by atoms with van der Waals surface area (Å²) < 4.78 is 6.77. The summed E-state index contributed by atoms with van der Waals surface area (Å²) in [6.07, 6.45) is 9.81. The van der Waals surface area contributed by atoms with E-state index in [1.165, 1.54) is 16.7 Å². The van der Waals surface area contributed by atoms with Gasteiger partial charge in [0.1, 0.15) is 11.2 Å². The van der Waals surface area contributed by atoms with Crippen molar-refractivity contribution >= 4 is 39.0 Å². The molecule has 0 amide bonds. The molecule has 1 aliphatic carbocycles. The van der Waals surface area contributed by atoms with E-state index in [-0.39, 0.29) is 5.92 Å². The second kappa shape index (κ2) is 16.1. The first-order valence-corrected chi connectivity index (χ1v) is 21.0. The van der Waals surface area contributed by atoms with E-state index in [4.69, 9.17) is 19.4 Å². The Morgan fingerprint density at radius 3 is 1.77 bits per heavy atom. The molecule has 2 heterocycles. The molecule has 11 rings (SSSR count). The summed E-state index contributed by atoms with van der Waals surface area (Å²) in [5.41, 5.74) is 13.2. The molecule has 0 saturated heterocycles. The van der Waals surface area contributed by atoms with E-state index in [0.717, 1.165) is 73.2 Å². The van der Waals surface area contributed by atoms with Gasteiger partial charge in [0.05, 0.1) is 0 Å². The summed E-state index contributed by atoms with van der Waals surface area (Å²) in [4.78, 5) is 17.7. The molecule has 0 N–H and O–H groups in total. The number of anilines is 3. The van der Waals surface area contributed by atoms with E-state index >= 15 is 0 Å². The molecule has 62 heavy (non-hydrogen) atoms. The standard InChI is InChI=1S/C57H40N4O/c1-6-18-39(19-7-1)43-26-16-27-44(34-43)56-58-55(42-24-12-4-13-25-42)59-57(60-56)51-30-17-31-52-54(51)50-33-32-48(38-53(50)62-52)61(47-28-14-5-15-29-47)49-36-45(40-20-8-2-9-21-40)35-46(37-49)41-22-10-3-11-23-41/h1-22,24-38,41H,23H2. The number of para-hydroxylation sites is 1. The highest BCUT2D eigenvalue weighted by molar-refractivity contribution is 6.12. The zero-order valence-electron chi connectivity index (χ0n) is 33.8. The lowest BCUT2D eigenvalue weighted by atomic mass is 9.89. The molecule has 8 aromatic carbocycles. The fourth-order valence-electron chi connectivity index (χ4n) is 8.58. The van der Waals surface area contributed by atoms with Crippen LogP contribution in [0, 0.1) is 0 Å². The van der Waals surface area contributed by atoms with Crippen LogP contribution in [0.5, 0.6) is 0 Å². The largest absolute Gasteiger partial charge is 0.456 e. The molecule has 1 unspecified atom stereocenters. The number of hydrogen-bond acceptors (Lipinski definition) is 5. The van der Waals surface area contributed by atoms with Crippen molar-refractivity contribution in [1.29, 1.82) is 0 Å². The number of hydrogen-bond donors (Lipinski definition) is 0. The SMILES string of the molecule is C1=CCC(c2cc(-c3ccccc3)cc(N(c3ccccc3)c3ccc4c(c3)oc3cccc(-c5nc(-c6ccccc6)nc(-c6cccc(-c7ccccc7)c6)n5)c34)c2)C=C1. The molecule has 0 aliphatic heterocycles. The fraction of sp³-hybridized carbons (Fsp3) is 0.0351. The lowest BCUT2D eigenvalue weighted by Crippen LogP contribution is -2.11. The molecule has 294 valence electrons. The lowest BCUT2D eigenvalue weighted by molar-refractivity contribution is 0.669. The second-order valence-corrected chi connectivity index (χ2v) is 15.6. The van der Waals surface area contributed by atoms with Gasteiger partial charge in [-0.2, -0.15) is 0 Å². The molecule has 0 radical (unpaired) electrons. The van der Waals surface area contributed by atoms with Crippen LogP contribution in [0.3, 0.4) is 0 Å². The first kappa shape index (κ1) is 36.9. The van der Waals surface area contributed by atoms with Gasteiger partial charge in [-0.1, -0.05) is 170 Å². The maximum atomic E-state index is 6.77. The van der Waals surface area contributed by atoms with Crippen LogP contribution >= 0.6 is 0 Å². The molecular weight excluding hydrogens is 757 g/mol. The van der Waals surface area contributed by atoms with Gasteiger partial charge in [-0.15, -0.1) is 0 Å². The number of allylic oxidation sites excluding steroid dienone is 4. The van der Waals surface area contributed by atoms with Gasteiger partial charge in [-0.3, -0.25) is 0 Å². The first-order valence-electron chi connectivity index (χ1n) is 21.0. The van der Waals surface area contributed by atoms with E-state index in [0.29, 0.717) is 17.5 Å². The molecule has 0 spiro atoms. The Morgan fingerprint density at radius 1 is 0.419 bits per heavy atom. The van der Waals surface area contributed by atoms with Crippen LogP contribution < -0.4 is 4.90 Å². The summed E-state index contributed by atoms with van der Waals surface area (Å²) in [5.74, 6) is 2.08. The molecule has 0 bridgehead atoms. The lowest BCUT2D eigenvalue weighted by Gasteiger charge is -2.27. The normalized spacial score (nSPS) is 13.5. The Hall–Kier alpha value is -8.15. The smallest absolute Gasteiger partial charge is 0.164 e. The third-order valence-electron chi connectivity index (χ3n) is 11.6. The molecule has 5 heteroatoms. The number of nitrogens with zero attached hydrogens (tertiary/aromatic N) is 4. The average Bonchev–Trinajstić information content (AvgIpc) is 3.74. The van der Waals surface area contributed by atoms with Crippen LogP contribution in [0.2, 0.25) is 0 Å². The summed E-state index contributed by atoms with van der Waals surface area (Å²) in [6.45, 7) is 0. The number of rotatable bonds is 9. The van der Waals surface area contributed by atoms with Crippen LogP contribution in [0.15, 0.2) is 229 Å². The van der Waals surface area contributed by atoms with E-state index in [2.05, 4.69) is 181 Å². The minimum atomic E-state index is 0.280. The third-order valence-corrected chi connectivity index (χ3v) is 11.6. The zero-order valence-corrected chi connectivity index (χ0v) is 33.8. The van der Waals surface area contributed by atoms with Crippen LogP contribution in [-0.2, 0) is 0 Å². The van der Waals surface area contributed by atoms with Crippen molar-refractivity contribution in [2.24, 2.45) is 0 Å². The summed E-state index contributed by atoms with van der Waals surface area (Å²) in [7, 11) is 0. The van der Waals surface area contributed by atoms with E-state index in [9.17, 15) is 0 Å². The number of fused-ring (bicyclic) bond motifs is 3. The predicted octanol–water partition coefficient (Wildman–Crippen LogP) is 15.2. The first-order chi connectivity index (χ1) is 30.7. The summed E-state index contributed by atoms with van der Waals surface area (Å²) in [6, 6.07) is 69.8. The summed E-state index contributed by atoms with van der Waals surface area (Å²) in [5, 5.41) is 1.94. The topological polar surface area (TPSA) is 55.1 Å². The molecule has 10 aromatic rings. The molecule has 0 fully saturated rings. The van der Waals surface area contributed by atoms with E-state index in [1.54, 1.807) is 0 Å². The van der Waals surface area contributed by atoms with Gasteiger partial charge in [0, 0.05) is 56.5 Å². The van der Waals surface area contributed by atoms with E-state index < -0.39 is 0 Å². The van der Waals surface area contributed by atoms with Crippen molar-refractivity contribution in [3.8, 4) is 56.4 Å². The van der Waals surface area contributed by atoms with Crippen LogP contribution in [0.4, 0.5) is 17.1 Å². The molecule has 0 saturated carbocycles. The predicted molar refractivity (Wildman–Crippen MR) is 255 cm³/mol. The van der Waals surface area contributed by atoms with Gasteiger partial charge in [0.25, 0.3) is 0 Å². The van der Waals surface area contributed by atoms with Crippen molar-refractivity contribution in [3.05, 3.63) is 230 Å². The van der Waals surface area contributed by atoms with Crippen molar-refractivity contribution in [2.75, 3.05) is 4.90 Å². The van der Waals surface area contributed by atoms with Crippen LogP contribution in [0.1, 0.15) is 17.9 Å². The van der Waals surface area contributed by atoms with Gasteiger partial charge in [0.2, 0.25) is 0 Å². The maximum Gasteiger partial charge on any atom is 0.164 e. The Balaban J connectivity index is 1.06. The quantitative estimate of drug-likeness (QED) is 0.146. The Kier molecular flexibility index (Phi) is 9.60. The van der Waals surface area contributed by atoms with Crippen LogP contribution in [-0.4, -0.2) is 15.0 Å². The van der Waals surface area contributed by atoms with Gasteiger partial charge in [-0.05, 0) is 82.8 Å². The molecule has 1 atom stereocenters. The molecule has 1 aliphatic rings. The van der Waals surface area contributed by atoms with Crippen molar-refractivity contribution in [1.82, 2.24) is 15.0 Å². The Labute approximate surface area is 360 Å². The highest BCUT2D eigenvalue weighted by atomic mass is 16.3. The van der Waals surface area contributed by atoms with Crippen LogP contribution in [0.25, 0.3) is 78.4 Å². The number of aromatic nitrogens is 3. The Morgan fingerprint density at radius 2 is 1.05 bits per heavy atom. The maximum absolute atomic E-state index is 6.77. The number of benzene rings is 8. The number of furan rings is 1. The minimum absolute atomic E-state index is 0.280. The monoisotopic (exact) mass is 796 g/mol. The highest BCUT2D eigenvalue weighted by Gasteiger charge is 2.22. The van der Waals surface area contributed by atoms with Gasteiger partial charge < -0.3 is 9.32 Å². The molecular formula is C57H40N4O.